The highest BCUT2D eigenvalue weighted by molar-refractivity contribution is 5.95. The van der Waals surface area contributed by atoms with Crippen LogP contribution in [0.3, 0.4) is 0 Å². The van der Waals surface area contributed by atoms with Crippen LogP contribution in [0.25, 0.3) is 0 Å². The molecule has 1 amide bonds. The standard InChI is InChI=1S/C23H23N3O/c1-17-8-10-18(11-9-17)14-25-23(27)20-13-21(16-24-15-20)26-12-4-6-19-5-2-3-7-22(19)26/h2-3,5,7-11,13,15-16H,4,6,12,14H2,1H3,(H,25,27). The number of pyridine rings is 1. The first kappa shape index (κ1) is 17.3. The first-order valence-corrected chi connectivity index (χ1v) is 9.35. The van der Waals surface area contributed by atoms with Crippen molar-refractivity contribution in [1.82, 2.24) is 10.3 Å². The second-order valence-corrected chi connectivity index (χ2v) is 6.98. The molecule has 0 spiro atoms. The Hall–Kier alpha value is -3.14. The molecular formula is C23H23N3O. The Bertz CT molecular complexity index is 950. The second kappa shape index (κ2) is 7.62. The molecule has 1 aliphatic rings. The number of fused-ring (bicyclic) bond motifs is 1. The average Bonchev–Trinajstić information content (AvgIpc) is 2.73. The van der Waals surface area contributed by atoms with Crippen LogP contribution in [0, 0.1) is 6.92 Å². The summed E-state index contributed by atoms with van der Waals surface area (Å²) in [4.78, 5) is 19.2. The number of hydrogen-bond acceptors (Lipinski definition) is 3. The third-order valence-electron chi connectivity index (χ3n) is 4.98. The molecule has 3 aromatic rings. The molecule has 27 heavy (non-hydrogen) atoms. The van der Waals surface area contributed by atoms with E-state index in [1.165, 1.54) is 16.8 Å². The van der Waals surface area contributed by atoms with Crippen molar-refractivity contribution < 1.29 is 4.79 Å². The fourth-order valence-corrected chi connectivity index (χ4v) is 3.49. The van der Waals surface area contributed by atoms with Gasteiger partial charge in [-0.2, -0.15) is 0 Å². The van der Waals surface area contributed by atoms with Gasteiger partial charge in [-0.1, -0.05) is 48.0 Å². The predicted molar refractivity (Wildman–Crippen MR) is 108 cm³/mol. The van der Waals surface area contributed by atoms with Gasteiger partial charge in [0.2, 0.25) is 0 Å². The van der Waals surface area contributed by atoms with Gasteiger partial charge >= 0.3 is 0 Å². The van der Waals surface area contributed by atoms with Crippen molar-refractivity contribution in [3.05, 3.63) is 89.2 Å². The van der Waals surface area contributed by atoms with Gasteiger partial charge in [-0.3, -0.25) is 9.78 Å². The lowest BCUT2D eigenvalue weighted by Crippen LogP contribution is -2.26. The molecule has 0 saturated heterocycles. The van der Waals surface area contributed by atoms with Crippen molar-refractivity contribution in [3.8, 4) is 0 Å². The van der Waals surface area contributed by atoms with Crippen LogP contribution in [0.4, 0.5) is 11.4 Å². The number of carbonyl (C=O) groups is 1. The van der Waals surface area contributed by atoms with Crippen molar-refractivity contribution in [1.29, 1.82) is 0 Å². The minimum atomic E-state index is -0.102. The molecule has 1 aromatic heterocycles. The number of aryl methyl sites for hydroxylation is 2. The molecule has 0 atom stereocenters. The summed E-state index contributed by atoms with van der Waals surface area (Å²) in [7, 11) is 0. The van der Waals surface area contributed by atoms with Crippen molar-refractivity contribution in [3.63, 3.8) is 0 Å². The fraction of sp³-hybridized carbons (Fsp3) is 0.217. The fourth-order valence-electron chi connectivity index (χ4n) is 3.49. The van der Waals surface area contributed by atoms with Gasteiger partial charge in [0.25, 0.3) is 5.91 Å². The summed E-state index contributed by atoms with van der Waals surface area (Å²) in [6, 6.07) is 18.6. The number of para-hydroxylation sites is 1. The first-order chi connectivity index (χ1) is 13.2. The summed E-state index contributed by atoms with van der Waals surface area (Å²) in [6.07, 6.45) is 5.65. The third kappa shape index (κ3) is 3.85. The van der Waals surface area contributed by atoms with E-state index in [4.69, 9.17) is 0 Å². The molecule has 0 radical (unpaired) electrons. The van der Waals surface area contributed by atoms with Gasteiger partial charge in [-0.05, 0) is 43.0 Å². The van der Waals surface area contributed by atoms with Crippen molar-refractivity contribution >= 4 is 17.3 Å². The van der Waals surface area contributed by atoms with Crippen LogP contribution in [0.2, 0.25) is 0 Å². The molecule has 0 unspecified atom stereocenters. The maximum Gasteiger partial charge on any atom is 0.253 e. The summed E-state index contributed by atoms with van der Waals surface area (Å²) in [6.45, 7) is 3.50. The van der Waals surface area contributed by atoms with E-state index >= 15 is 0 Å². The van der Waals surface area contributed by atoms with E-state index < -0.39 is 0 Å². The summed E-state index contributed by atoms with van der Waals surface area (Å²) in [5.74, 6) is -0.102. The molecule has 0 fully saturated rings. The highest BCUT2D eigenvalue weighted by atomic mass is 16.1. The minimum Gasteiger partial charge on any atom is -0.348 e. The van der Waals surface area contributed by atoms with Crippen LogP contribution in [-0.2, 0) is 13.0 Å². The van der Waals surface area contributed by atoms with E-state index in [9.17, 15) is 4.79 Å². The van der Waals surface area contributed by atoms with Crippen LogP contribution in [0.15, 0.2) is 67.0 Å². The summed E-state index contributed by atoms with van der Waals surface area (Å²) in [5.41, 5.74) is 6.40. The molecule has 136 valence electrons. The lowest BCUT2D eigenvalue weighted by molar-refractivity contribution is 0.0950. The number of carbonyl (C=O) groups excluding carboxylic acids is 1. The highest BCUT2D eigenvalue weighted by Crippen LogP contribution is 2.33. The number of nitrogens with zero attached hydrogens (tertiary/aromatic N) is 2. The van der Waals surface area contributed by atoms with Crippen LogP contribution >= 0.6 is 0 Å². The maximum atomic E-state index is 12.6. The molecule has 1 aliphatic heterocycles. The lowest BCUT2D eigenvalue weighted by Gasteiger charge is -2.31. The molecule has 4 rings (SSSR count). The van der Waals surface area contributed by atoms with Crippen molar-refractivity contribution in [2.45, 2.75) is 26.3 Å². The number of hydrogen-bond donors (Lipinski definition) is 1. The normalized spacial score (nSPS) is 13.1. The third-order valence-corrected chi connectivity index (χ3v) is 4.98. The number of amides is 1. The quantitative estimate of drug-likeness (QED) is 0.752. The van der Waals surface area contributed by atoms with Gasteiger partial charge in [-0.15, -0.1) is 0 Å². The number of benzene rings is 2. The summed E-state index contributed by atoms with van der Waals surface area (Å²) in [5, 5.41) is 2.99. The molecule has 1 N–H and O–H groups in total. The Balaban J connectivity index is 1.51. The minimum absolute atomic E-state index is 0.102. The Morgan fingerprint density at radius 1 is 1.11 bits per heavy atom. The molecule has 4 nitrogen and oxygen atoms in total. The molecule has 0 saturated carbocycles. The maximum absolute atomic E-state index is 12.6. The zero-order chi connectivity index (χ0) is 18.6. The Morgan fingerprint density at radius 3 is 2.78 bits per heavy atom. The average molecular weight is 357 g/mol. The molecule has 0 bridgehead atoms. The van der Waals surface area contributed by atoms with Crippen molar-refractivity contribution in [2.75, 3.05) is 11.4 Å². The molecule has 0 aliphatic carbocycles. The molecule has 4 heteroatoms. The smallest absolute Gasteiger partial charge is 0.253 e. The highest BCUT2D eigenvalue weighted by Gasteiger charge is 2.19. The zero-order valence-electron chi connectivity index (χ0n) is 15.5. The van der Waals surface area contributed by atoms with Gasteiger partial charge in [0.15, 0.2) is 0 Å². The van der Waals surface area contributed by atoms with Crippen LogP contribution in [0.1, 0.15) is 33.5 Å². The van der Waals surface area contributed by atoms with E-state index in [0.29, 0.717) is 12.1 Å². The Morgan fingerprint density at radius 2 is 1.93 bits per heavy atom. The number of rotatable bonds is 4. The van der Waals surface area contributed by atoms with E-state index in [-0.39, 0.29) is 5.91 Å². The van der Waals surface area contributed by atoms with Gasteiger partial charge in [0, 0.05) is 25.0 Å². The van der Waals surface area contributed by atoms with Gasteiger partial charge < -0.3 is 10.2 Å². The Kier molecular flexibility index (Phi) is 4.88. The number of anilines is 2. The van der Waals surface area contributed by atoms with Gasteiger partial charge in [0.1, 0.15) is 0 Å². The molecular weight excluding hydrogens is 334 g/mol. The number of nitrogens with one attached hydrogen (secondary N) is 1. The number of aromatic nitrogens is 1. The monoisotopic (exact) mass is 357 g/mol. The first-order valence-electron chi connectivity index (χ1n) is 9.35. The Labute approximate surface area is 159 Å². The second-order valence-electron chi connectivity index (χ2n) is 6.98. The zero-order valence-corrected chi connectivity index (χ0v) is 15.5. The predicted octanol–water partition coefficient (Wildman–Crippen LogP) is 4.40. The van der Waals surface area contributed by atoms with Crippen LogP contribution < -0.4 is 10.2 Å². The van der Waals surface area contributed by atoms with Crippen LogP contribution in [0.5, 0.6) is 0 Å². The molecule has 2 aromatic carbocycles. The topological polar surface area (TPSA) is 45.2 Å². The summed E-state index contributed by atoms with van der Waals surface area (Å²) < 4.78 is 0. The largest absolute Gasteiger partial charge is 0.348 e. The van der Waals surface area contributed by atoms with E-state index in [1.807, 2.05) is 24.4 Å². The van der Waals surface area contributed by atoms with Gasteiger partial charge in [0.05, 0.1) is 17.4 Å². The van der Waals surface area contributed by atoms with Crippen molar-refractivity contribution in [2.24, 2.45) is 0 Å². The molecule has 2 heterocycles. The summed E-state index contributed by atoms with van der Waals surface area (Å²) >= 11 is 0. The van der Waals surface area contributed by atoms with Gasteiger partial charge in [-0.25, -0.2) is 0 Å². The van der Waals surface area contributed by atoms with E-state index in [2.05, 4.69) is 58.5 Å². The van der Waals surface area contributed by atoms with E-state index in [1.54, 1.807) is 6.20 Å². The lowest BCUT2D eigenvalue weighted by atomic mass is 10.0. The van der Waals surface area contributed by atoms with Crippen LogP contribution in [-0.4, -0.2) is 17.4 Å². The van der Waals surface area contributed by atoms with E-state index in [0.717, 1.165) is 30.6 Å². The SMILES string of the molecule is Cc1ccc(CNC(=O)c2cncc(N3CCCc4ccccc43)c2)cc1.